The summed E-state index contributed by atoms with van der Waals surface area (Å²) in [6.45, 7) is 6.59. The topological polar surface area (TPSA) is 18.5 Å². The van der Waals surface area contributed by atoms with Crippen LogP contribution >= 0.6 is 0 Å². The molecule has 0 amide bonds. The zero-order valence-electron chi connectivity index (χ0n) is 16.8. The molecule has 0 saturated carbocycles. The van der Waals surface area contributed by atoms with Gasteiger partial charge in [0, 0.05) is 0 Å². The number of rotatable bonds is 14. The second kappa shape index (κ2) is 13.9. The zero-order chi connectivity index (χ0) is 19.2. The third kappa shape index (κ3) is 10.7. The Morgan fingerprint density at radius 1 is 0.630 bits per heavy atom. The molecule has 3 heteroatoms. The number of para-hydroxylation sites is 2. The van der Waals surface area contributed by atoms with Gasteiger partial charge < -0.3 is 0 Å². The van der Waals surface area contributed by atoms with E-state index in [0.29, 0.717) is 0 Å². The Bertz CT molecular complexity index is 534. The van der Waals surface area contributed by atoms with Crippen LogP contribution in [0.4, 0.5) is 0 Å². The van der Waals surface area contributed by atoms with Crippen LogP contribution in [0.2, 0.25) is 7.93 Å². The molecular weight excluding hydrogens is 448 g/mol. The summed E-state index contributed by atoms with van der Waals surface area (Å²) in [6, 6.07) is 20.3. The van der Waals surface area contributed by atoms with Crippen LogP contribution in [0.1, 0.15) is 52.4 Å². The Morgan fingerprint density at radius 2 is 1.04 bits per heavy atom. The fourth-order valence-electron chi connectivity index (χ4n) is 3.01. The molecule has 2 unspecified atom stereocenters. The zero-order valence-corrected chi connectivity index (χ0v) is 19.1. The molecule has 0 heterocycles. The fourth-order valence-corrected chi connectivity index (χ4v) is 7.01. The molecule has 2 atom stereocenters. The van der Waals surface area contributed by atoms with Crippen molar-refractivity contribution < 1.29 is 9.47 Å². The third-order valence-electron chi connectivity index (χ3n) is 4.50. The second-order valence-corrected chi connectivity index (χ2v) is 12.4. The van der Waals surface area contributed by atoms with E-state index in [2.05, 4.69) is 13.8 Å². The molecule has 0 N–H and O–H groups in total. The first-order valence-corrected chi connectivity index (χ1v) is 12.9. The van der Waals surface area contributed by atoms with Crippen molar-refractivity contribution in [1.82, 2.24) is 0 Å². The van der Waals surface area contributed by atoms with Gasteiger partial charge in [-0.05, 0) is 0 Å². The van der Waals surface area contributed by atoms with Crippen molar-refractivity contribution in [1.29, 1.82) is 0 Å². The molecule has 0 aliphatic heterocycles. The summed E-state index contributed by atoms with van der Waals surface area (Å²) >= 11 is 0.0933. The van der Waals surface area contributed by atoms with Crippen molar-refractivity contribution in [3.8, 4) is 11.5 Å². The molecule has 0 radical (unpaired) electrons. The number of hydrogen-bond acceptors (Lipinski definition) is 2. The van der Waals surface area contributed by atoms with Crippen LogP contribution in [0.3, 0.4) is 0 Å². The second-order valence-electron chi connectivity index (χ2n) is 7.07. The Hall–Kier alpha value is -1.17. The molecule has 2 nitrogen and oxygen atoms in total. The molecule has 0 fully saturated rings. The summed E-state index contributed by atoms with van der Waals surface area (Å²) in [5.74, 6) is 1.98. The van der Waals surface area contributed by atoms with Gasteiger partial charge in [0.05, 0.1) is 0 Å². The maximum atomic E-state index is 5.78. The van der Waals surface area contributed by atoms with Gasteiger partial charge in [-0.2, -0.15) is 0 Å². The summed E-state index contributed by atoms with van der Waals surface area (Å²) in [6.07, 6.45) is 7.63. The molecule has 0 bridgehead atoms. The Balaban J connectivity index is 1.43. The third-order valence-corrected chi connectivity index (χ3v) is 8.50. The molecule has 0 saturated heterocycles. The first kappa shape index (κ1) is 22.1. The van der Waals surface area contributed by atoms with Gasteiger partial charge in [-0.3, -0.25) is 0 Å². The van der Waals surface area contributed by atoms with Gasteiger partial charge in [-0.1, -0.05) is 0 Å². The van der Waals surface area contributed by atoms with Crippen LogP contribution in [0, 0.1) is 0 Å². The minimum atomic E-state index is 0.0933. The molecule has 0 spiro atoms. The quantitative estimate of drug-likeness (QED) is 0.218. The van der Waals surface area contributed by atoms with Crippen LogP contribution in [0.25, 0.3) is 0 Å². The maximum absolute atomic E-state index is 5.78. The van der Waals surface area contributed by atoms with Crippen LogP contribution in [-0.2, 0) is 0 Å². The number of ether oxygens (including phenoxy) is 2. The summed E-state index contributed by atoms with van der Waals surface area (Å²) in [7, 11) is 0. The summed E-state index contributed by atoms with van der Waals surface area (Å²) in [5.41, 5.74) is 0. The molecule has 27 heavy (non-hydrogen) atoms. The summed E-state index contributed by atoms with van der Waals surface area (Å²) in [4.78, 5) is 0. The SMILES string of the molecule is CC(CCCCOc1ccccc1)[Te]C(C)CCCCOc1ccccc1. The molecule has 0 aliphatic carbocycles. The molecule has 2 rings (SSSR count). The van der Waals surface area contributed by atoms with Gasteiger partial charge in [0.2, 0.25) is 0 Å². The molecular formula is C24H34O2Te. The fraction of sp³-hybridized carbons (Fsp3) is 0.500. The van der Waals surface area contributed by atoms with Crippen molar-refractivity contribution in [3.63, 3.8) is 0 Å². The average Bonchev–Trinajstić information content (AvgIpc) is 2.69. The monoisotopic (exact) mass is 484 g/mol. The standard InChI is InChI=1S/C24H34O2Te/c1-21(13-9-11-19-25-23-15-5-3-6-16-23)27-22(2)14-10-12-20-26-24-17-7-4-8-18-24/h3-8,15-18,21-22H,9-14,19-20H2,1-2H3. The molecule has 148 valence electrons. The van der Waals surface area contributed by atoms with Crippen molar-refractivity contribution >= 4 is 20.9 Å². The van der Waals surface area contributed by atoms with E-state index in [1.54, 1.807) is 0 Å². The predicted octanol–water partition coefficient (Wildman–Crippen LogP) is 6.81. The van der Waals surface area contributed by atoms with Crippen molar-refractivity contribution in [3.05, 3.63) is 60.7 Å². The first-order chi connectivity index (χ1) is 13.2. The molecule has 2 aromatic rings. The van der Waals surface area contributed by atoms with Crippen molar-refractivity contribution in [2.75, 3.05) is 13.2 Å². The van der Waals surface area contributed by atoms with E-state index in [1.807, 2.05) is 60.7 Å². The molecule has 2 aromatic carbocycles. The normalized spacial score (nSPS) is 13.1. The first-order valence-electron chi connectivity index (χ1n) is 10.2. The Kier molecular flexibility index (Phi) is 11.4. The van der Waals surface area contributed by atoms with E-state index in [1.165, 1.54) is 25.7 Å². The van der Waals surface area contributed by atoms with E-state index in [9.17, 15) is 0 Å². The van der Waals surface area contributed by atoms with E-state index in [-0.39, 0.29) is 20.9 Å². The van der Waals surface area contributed by atoms with Gasteiger partial charge >= 0.3 is 176 Å². The van der Waals surface area contributed by atoms with E-state index >= 15 is 0 Å². The van der Waals surface area contributed by atoms with Crippen LogP contribution in [0.5, 0.6) is 11.5 Å². The van der Waals surface area contributed by atoms with Gasteiger partial charge in [-0.25, -0.2) is 0 Å². The van der Waals surface area contributed by atoms with Crippen LogP contribution in [0.15, 0.2) is 60.7 Å². The van der Waals surface area contributed by atoms with Crippen LogP contribution in [-0.4, -0.2) is 34.1 Å². The average molecular weight is 482 g/mol. The van der Waals surface area contributed by atoms with Crippen molar-refractivity contribution in [2.24, 2.45) is 0 Å². The van der Waals surface area contributed by atoms with E-state index in [0.717, 1.165) is 45.5 Å². The van der Waals surface area contributed by atoms with Crippen LogP contribution < -0.4 is 9.47 Å². The Labute approximate surface area is 175 Å². The van der Waals surface area contributed by atoms with Gasteiger partial charge in [0.25, 0.3) is 0 Å². The van der Waals surface area contributed by atoms with Gasteiger partial charge in [-0.15, -0.1) is 0 Å². The van der Waals surface area contributed by atoms with E-state index < -0.39 is 0 Å². The predicted molar refractivity (Wildman–Crippen MR) is 116 cm³/mol. The summed E-state index contributed by atoms with van der Waals surface area (Å²) < 4.78 is 13.4. The minimum absolute atomic E-state index is 0.0933. The Morgan fingerprint density at radius 3 is 1.44 bits per heavy atom. The number of hydrogen-bond donors (Lipinski definition) is 0. The van der Waals surface area contributed by atoms with E-state index in [4.69, 9.17) is 9.47 Å². The van der Waals surface area contributed by atoms with Gasteiger partial charge in [0.1, 0.15) is 0 Å². The number of unbranched alkanes of at least 4 members (excludes halogenated alkanes) is 2. The summed E-state index contributed by atoms with van der Waals surface area (Å²) in [5, 5.41) is 0. The number of benzene rings is 2. The van der Waals surface area contributed by atoms with Crippen molar-refractivity contribution in [2.45, 2.75) is 60.3 Å². The van der Waals surface area contributed by atoms with Gasteiger partial charge in [0.15, 0.2) is 0 Å². The molecule has 0 aromatic heterocycles. The molecule has 0 aliphatic rings.